The van der Waals surface area contributed by atoms with Crippen LogP contribution >= 0.6 is 11.3 Å². The number of carbonyl (C=O) groups excluding carboxylic acids is 1. The molecule has 8 heteroatoms. The molecule has 0 aliphatic carbocycles. The van der Waals surface area contributed by atoms with Crippen molar-refractivity contribution in [2.75, 3.05) is 11.9 Å². The van der Waals surface area contributed by atoms with E-state index in [0.717, 1.165) is 12.1 Å². The second-order valence-corrected chi connectivity index (χ2v) is 4.51. The number of hydrogen-bond donors (Lipinski definition) is 1. The van der Waals surface area contributed by atoms with Gasteiger partial charge in [0.25, 0.3) is 5.91 Å². The summed E-state index contributed by atoms with van der Waals surface area (Å²) in [5.74, 6) is -0.941. The number of phenolic OH excluding ortho intramolecular Hbond substituents is 1. The average molecular weight is 279 g/mol. The summed E-state index contributed by atoms with van der Waals surface area (Å²) in [6.45, 7) is 0. The molecule has 0 atom stereocenters. The first kappa shape index (κ1) is 13.0. The molecule has 1 aromatic heterocycles. The van der Waals surface area contributed by atoms with Crippen LogP contribution in [0.2, 0.25) is 0 Å². The molecule has 0 unspecified atom stereocenters. The number of thiazole rings is 1. The Balaban J connectivity index is 2.30. The topological polar surface area (TPSA) is 96.6 Å². The van der Waals surface area contributed by atoms with E-state index >= 15 is 0 Å². The number of nitro groups is 1. The first-order valence-electron chi connectivity index (χ1n) is 5.15. The van der Waals surface area contributed by atoms with Gasteiger partial charge >= 0.3 is 5.69 Å². The largest absolute Gasteiger partial charge is 0.502 e. The molecule has 98 valence electrons. The summed E-state index contributed by atoms with van der Waals surface area (Å²) >= 11 is 1.29. The lowest BCUT2D eigenvalue weighted by Gasteiger charge is -2.13. The minimum Gasteiger partial charge on any atom is -0.502 e. The summed E-state index contributed by atoms with van der Waals surface area (Å²) < 4.78 is 0. The molecule has 2 aromatic rings. The lowest BCUT2D eigenvalue weighted by atomic mass is 10.1. The van der Waals surface area contributed by atoms with Crippen LogP contribution in [0.5, 0.6) is 5.75 Å². The fourth-order valence-corrected chi connectivity index (χ4v) is 2.08. The van der Waals surface area contributed by atoms with Gasteiger partial charge < -0.3 is 5.11 Å². The van der Waals surface area contributed by atoms with Crippen LogP contribution in [0.25, 0.3) is 0 Å². The summed E-state index contributed by atoms with van der Waals surface area (Å²) in [5, 5.41) is 22.3. The minimum atomic E-state index is -0.714. The Morgan fingerprint density at radius 3 is 2.79 bits per heavy atom. The van der Waals surface area contributed by atoms with Crippen molar-refractivity contribution in [3.05, 3.63) is 45.5 Å². The number of rotatable bonds is 3. The maximum atomic E-state index is 12.1. The lowest BCUT2D eigenvalue weighted by Crippen LogP contribution is -2.25. The fourth-order valence-electron chi connectivity index (χ4n) is 1.47. The number of hydrogen-bond acceptors (Lipinski definition) is 6. The number of aromatic hydroxyl groups is 1. The van der Waals surface area contributed by atoms with E-state index in [9.17, 15) is 20.0 Å². The Kier molecular flexibility index (Phi) is 3.43. The maximum Gasteiger partial charge on any atom is 0.310 e. The first-order chi connectivity index (χ1) is 9.00. The van der Waals surface area contributed by atoms with E-state index in [1.54, 1.807) is 18.6 Å². The highest BCUT2D eigenvalue weighted by Crippen LogP contribution is 2.27. The van der Waals surface area contributed by atoms with E-state index in [2.05, 4.69) is 4.98 Å². The molecular formula is C11H9N3O4S. The van der Waals surface area contributed by atoms with E-state index in [1.807, 2.05) is 0 Å². The molecule has 0 bridgehead atoms. The molecule has 0 saturated heterocycles. The van der Waals surface area contributed by atoms with Crippen molar-refractivity contribution in [3.8, 4) is 5.75 Å². The van der Waals surface area contributed by atoms with Crippen molar-refractivity contribution in [2.24, 2.45) is 0 Å². The highest BCUT2D eigenvalue weighted by Gasteiger charge is 2.19. The molecule has 0 spiro atoms. The van der Waals surface area contributed by atoms with E-state index in [4.69, 9.17) is 0 Å². The molecule has 0 aliphatic heterocycles. The molecule has 1 N–H and O–H groups in total. The molecule has 0 saturated carbocycles. The third-order valence-electron chi connectivity index (χ3n) is 2.43. The predicted octanol–water partition coefficient (Wildman–Crippen LogP) is 2.03. The van der Waals surface area contributed by atoms with Crippen LogP contribution in [-0.2, 0) is 0 Å². The third kappa shape index (κ3) is 2.52. The van der Waals surface area contributed by atoms with Gasteiger partial charge in [-0.3, -0.25) is 19.8 Å². The summed E-state index contributed by atoms with van der Waals surface area (Å²) in [6.07, 6.45) is 1.57. The third-order valence-corrected chi connectivity index (χ3v) is 3.28. The second kappa shape index (κ2) is 5.02. The number of aromatic nitrogens is 1. The van der Waals surface area contributed by atoms with Crippen LogP contribution in [0.1, 0.15) is 10.4 Å². The van der Waals surface area contributed by atoms with Gasteiger partial charge in [-0.15, -0.1) is 11.3 Å². The molecular weight excluding hydrogens is 270 g/mol. The average Bonchev–Trinajstić information content (AvgIpc) is 2.90. The van der Waals surface area contributed by atoms with Crippen LogP contribution in [0.4, 0.5) is 10.8 Å². The predicted molar refractivity (Wildman–Crippen MR) is 69.6 cm³/mol. The standard InChI is InChI=1S/C11H9N3O4S/c1-13(11-12-4-5-19-11)10(16)7-2-3-8(14(17)18)9(15)6-7/h2-6,15H,1H3. The van der Waals surface area contributed by atoms with Gasteiger partial charge in [0.1, 0.15) is 0 Å². The van der Waals surface area contributed by atoms with Crippen molar-refractivity contribution in [3.63, 3.8) is 0 Å². The Morgan fingerprint density at radius 2 is 2.26 bits per heavy atom. The molecule has 2 rings (SSSR count). The van der Waals surface area contributed by atoms with Crippen LogP contribution in [0, 0.1) is 10.1 Å². The van der Waals surface area contributed by atoms with Crippen molar-refractivity contribution < 1.29 is 14.8 Å². The SMILES string of the molecule is CN(C(=O)c1ccc([N+](=O)[O-])c(O)c1)c1nccs1. The molecule has 7 nitrogen and oxygen atoms in total. The van der Waals surface area contributed by atoms with Gasteiger partial charge in [-0.2, -0.15) is 0 Å². The first-order valence-corrected chi connectivity index (χ1v) is 6.03. The monoisotopic (exact) mass is 279 g/mol. The van der Waals surface area contributed by atoms with Gasteiger partial charge in [0.15, 0.2) is 10.9 Å². The molecule has 19 heavy (non-hydrogen) atoms. The van der Waals surface area contributed by atoms with E-state index < -0.39 is 22.3 Å². The minimum absolute atomic E-state index is 0.154. The van der Waals surface area contributed by atoms with Crippen LogP contribution in [0.15, 0.2) is 29.8 Å². The smallest absolute Gasteiger partial charge is 0.310 e. The van der Waals surface area contributed by atoms with Crippen molar-refractivity contribution in [1.82, 2.24) is 4.98 Å². The second-order valence-electron chi connectivity index (χ2n) is 3.64. The summed E-state index contributed by atoms with van der Waals surface area (Å²) in [6, 6.07) is 3.47. The number of carbonyl (C=O) groups is 1. The number of phenols is 1. The van der Waals surface area contributed by atoms with Gasteiger partial charge in [-0.25, -0.2) is 4.98 Å². The van der Waals surface area contributed by atoms with Crippen molar-refractivity contribution in [1.29, 1.82) is 0 Å². The molecule has 0 fully saturated rings. The van der Waals surface area contributed by atoms with Crippen molar-refractivity contribution in [2.45, 2.75) is 0 Å². The zero-order valence-corrected chi connectivity index (χ0v) is 10.6. The Hall–Kier alpha value is -2.48. The van der Waals surface area contributed by atoms with E-state index in [0.29, 0.717) is 5.13 Å². The van der Waals surface area contributed by atoms with Crippen LogP contribution in [-0.4, -0.2) is 28.0 Å². The molecule has 1 heterocycles. The Bertz CT molecular complexity index is 627. The Morgan fingerprint density at radius 1 is 1.53 bits per heavy atom. The molecule has 1 amide bonds. The van der Waals surface area contributed by atoms with Gasteiger partial charge in [0.2, 0.25) is 0 Å². The summed E-state index contributed by atoms with van der Waals surface area (Å²) in [5.41, 5.74) is -0.283. The zero-order chi connectivity index (χ0) is 14.0. The molecule has 0 radical (unpaired) electrons. The van der Waals surface area contributed by atoms with Gasteiger partial charge in [0.05, 0.1) is 4.92 Å². The summed E-state index contributed by atoms with van der Waals surface area (Å²) in [7, 11) is 1.54. The van der Waals surface area contributed by atoms with Crippen molar-refractivity contribution >= 4 is 28.1 Å². The molecule has 0 aliphatic rings. The van der Waals surface area contributed by atoms with Crippen LogP contribution < -0.4 is 4.90 Å². The molecule has 1 aromatic carbocycles. The number of nitrogens with zero attached hydrogens (tertiary/aromatic N) is 3. The fraction of sp³-hybridized carbons (Fsp3) is 0.0909. The maximum absolute atomic E-state index is 12.1. The zero-order valence-electron chi connectivity index (χ0n) is 9.81. The van der Waals surface area contributed by atoms with Crippen LogP contribution in [0.3, 0.4) is 0 Å². The summed E-state index contributed by atoms with van der Waals surface area (Å²) in [4.78, 5) is 27.2. The van der Waals surface area contributed by atoms with Gasteiger partial charge in [-0.05, 0) is 12.1 Å². The number of amides is 1. The quantitative estimate of drug-likeness (QED) is 0.685. The normalized spacial score (nSPS) is 10.2. The number of nitro benzene ring substituents is 1. The lowest BCUT2D eigenvalue weighted by molar-refractivity contribution is -0.385. The highest BCUT2D eigenvalue weighted by molar-refractivity contribution is 7.13. The number of benzene rings is 1. The van der Waals surface area contributed by atoms with Gasteiger partial charge in [0, 0.05) is 30.3 Å². The number of anilines is 1. The highest BCUT2D eigenvalue weighted by atomic mass is 32.1. The Labute approximate surface area is 111 Å². The van der Waals surface area contributed by atoms with E-state index in [-0.39, 0.29) is 5.56 Å². The van der Waals surface area contributed by atoms with E-state index in [1.165, 1.54) is 22.3 Å². The van der Waals surface area contributed by atoms with Gasteiger partial charge in [-0.1, -0.05) is 0 Å².